The van der Waals surface area contributed by atoms with Crippen LogP contribution in [0.25, 0.3) is 11.3 Å². The molecule has 16 heavy (non-hydrogen) atoms. The van der Waals surface area contributed by atoms with Gasteiger partial charge in [0.15, 0.2) is 0 Å². The Labute approximate surface area is 96.2 Å². The third kappa shape index (κ3) is 1.63. The van der Waals surface area contributed by atoms with Gasteiger partial charge < -0.3 is 0 Å². The predicted molar refractivity (Wildman–Crippen MR) is 66.4 cm³/mol. The molecular weight excluding hydrogens is 194 g/mol. The van der Waals surface area contributed by atoms with E-state index in [4.69, 9.17) is 0 Å². The van der Waals surface area contributed by atoms with Crippen LogP contribution in [-0.2, 0) is 12.8 Å². The lowest BCUT2D eigenvalue weighted by atomic mass is 9.90. The molecule has 1 heteroatoms. The maximum absolute atomic E-state index is 4.51. The first-order valence-corrected chi connectivity index (χ1v) is 5.88. The third-order valence-corrected chi connectivity index (χ3v) is 3.27. The van der Waals surface area contributed by atoms with E-state index in [2.05, 4.69) is 42.2 Å². The summed E-state index contributed by atoms with van der Waals surface area (Å²) in [4.78, 5) is 4.51. The molecule has 0 saturated heterocycles. The van der Waals surface area contributed by atoms with Crippen molar-refractivity contribution in [2.24, 2.45) is 0 Å². The van der Waals surface area contributed by atoms with E-state index in [0.717, 1.165) is 5.69 Å². The summed E-state index contributed by atoms with van der Waals surface area (Å²) in [5.41, 5.74) is 6.56. The molecule has 2 bridgehead atoms. The standard InChI is InChI=1S/C15H15N/c1-11-5-8-15(16-10-11)14-7-6-12-3-2-4-13(14)9-12/h5-10H,2-4H2,1H3. The molecule has 2 aromatic rings. The van der Waals surface area contributed by atoms with Gasteiger partial charge in [-0.05, 0) is 48.9 Å². The van der Waals surface area contributed by atoms with Gasteiger partial charge in [0.1, 0.15) is 0 Å². The van der Waals surface area contributed by atoms with Gasteiger partial charge in [0.2, 0.25) is 0 Å². The van der Waals surface area contributed by atoms with E-state index in [1.54, 1.807) is 0 Å². The summed E-state index contributed by atoms with van der Waals surface area (Å²) in [6, 6.07) is 11.0. The molecule has 0 aliphatic heterocycles. The van der Waals surface area contributed by atoms with Gasteiger partial charge in [-0.15, -0.1) is 0 Å². The van der Waals surface area contributed by atoms with Gasteiger partial charge in [-0.1, -0.05) is 24.3 Å². The quantitative estimate of drug-likeness (QED) is 0.700. The van der Waals surface area contributed by atoms with Crippen molar-refractivity contribution in [2.75, 3.05) is 0 Å². The summed E-state index contributed by atoms with van der Waals surface area (Å²) in [6.45, 7) is 2.07. The molecule has 0 fully saturated rings. The Kier molecular flexibility index (Phi) is 2.24. The van der Waals surface area contributed by atoms with Gasteiger partial charge >= 0.3 is 0 Å². The number of pyridine rings is 1. The summed E-state index contributed by atoms with van der Waals surface area (Å²) in [5, 5.41) is 0. The molecule has 0 unspecified atom stereocenters. The maximum atomic E-state index is 4.51. The Hall–Kier alpha value is -1.63. The minimum atomic E-state index is 1.11. The minimum Gasteiger partial charge on any atom is -0.256 e. The Morgan fingerprint density at radius 3 is 2.81 bits per heavy atom. The van der Waals surface area contributed by atoms with Crippen molar-refractivity contribution in [1.82, 2.24) is 4.98 Å². The maximum Gasteiger partial charge on any atom is 0.0704 e. The SMILES string of the molecule is Cc1ccc(-c2ccc3cc2CCC3)nc1. The Morgan fingerprint density at radius 1 is 1.06 bits per heavy atom. The van der Waals surface area contributed by atoms with Crippen molar-refractivity contribution in [2.45, 2.75) is 26.2 Å². The van der Waals surface area contributed by atoms with Gasteiger partial charge in [0.25, 0.3) is 0 Å². The van der Waals surface area contributed by atoms with Crippen molar-refractivity contribution < 1.29 is 0 Å². The molecule has 0 saturated carbocycles. The highest BCUT2D eigenvalue weighted by Crippen LogP contribution is 2.28. The molecular formula is C15H15N. The average Bonchev–Trinajstić information content (AvgIpc) is 2.31. The van der Waals surface area contributed by atoms with Crippen LogP contribution < -0.4 is 0 Å². The molecule has 0 atom stereocenters. The van der Waals surface area contributed by atoms with Crippen molar-refractivity contribution in [1.29, 1.82) is 0 Å². The van der Waals surface area contributed by atoms with Gasteiger partial charge in [0, 0.05) is 11.8 Å². The highest BCUT2D eigenvalue weighted by Gasteiger charge is 2.11. The second-order valence-corrected chi connectivity index (χ2v) is 4.57. The van der Waals surface area contributed by atoms with Crippen molar-refractivity contribution in [3.05, 3.63) is 53.2 Å². The van der Waals surface area contributed by atoms with Crippen LogP contribution in [0.4, 0.5) is 0 Å². The first-order valence-electron chi connectivity index (χ1n) is 5.88. The smallest absolute Gasteiger partial charge is 0.0704 e. The molecule has 0 spiro atoms. The third-order valence-electron chi connectivity index (χ3n) is 3.27. The largest absolute Gasteiger partial charge is 0.256 e. The van der Waals surface area contributed by atoms with E-state index >= 15 is 0 Å². The van der Waals surface area contributed by atoms with E-state index in [0.29, 0.717) is 0 Å². The van der Waals surface area contributed by atoms with Crippen LogP contribution in [0.15, 0.2) is 36.5 Å². The molecule has 0 radical (unpaired) electrons. The molecule has 1 heterocycles. The van der Waals surface area contributed by atoms with Crippen LogP contribution in [0.3, 0.4) is 0 Å². The summed E-state index contributed by atoms with van der Waals surface area (Å²) >= 11 is 0. The molecule has 1 aromatic carbocycles. The van der Waals surface area contributed by atoms with E-state index in [-0.39, 0.29) is 0 Å². The van der Waals surface area contributed by atoms with E-state index in [9.17, 15) is 0 Å². The highest BCUT2D eigenvalue weighted by molar-refractivity contribution is 5.65. The number of fused-ring (bicyclic) bond motifs is 2. The molecule has 1 aliphatic rings. The van der Waals surface area contributed by atoms with Gasteiger partial charge in [-0.3, -0.25) is 4.98 Å². The number of rotatable bonds is 1. The van der Waals surface area contributed by atoms with Crippen LogP contribution >= 0.6 is 0 Å². The zero-order valence-electron chi connectivity index (χ0n) is 9.53. The van der Waals surface area contributed by atoms with Crippen LogP contribution in [0.5, 0.6) is 0 Å². The predicted octanol–water partition coefficient (Wildman–Crippen LogP) is 3.55. The first kappa shape index (κ1) is 9.59. The highest BCUT2D eigenvalue weighted by atomic mass is 14.7. The summed E-state index contributed by atoms with van der Waals surface area (Å²) < 4.78 is 0. The fourth-order valence-corrected chi connectivity index (χ4v) is 2.37. The van der Waals surface area contributed by atoms with E-state index < -0.39 is 0 Å². The Morgan fingerprint density at radius 2 is 2.00 bits per heavy atom. The zero-order chi connectivity index (χ0) is 11.0. The van der Waals surface area contributed by atoms with Crippen LogP contribution in [-0.4, -0.2) is 4.98 Å². The molecule has 0 N–H and O–H groups in total. The van der Waals surface area contributed by atoms with E-state index in [1.165, 1.54) is 41.5 Å². The van der Waals surface area contributed by atoms with E-state index in [1.807, 2.05) is 6.20 Å². The molecule has 0 amide bonds. The Balaban J connectivity index is 2.10. The molecule has 1 aliphatic carbocycles. The van der Waals surface area contributed by atoms with Gasteiger partial charge in [0.05, 0.1) is 5.69 Å². The summed E-state index contributed by atoms with van der Waals surface area (Å²) in [5.74, 6) is 0. The molecule has 3 rings (SSSR count). The van der Waals surface area contributed by atoms with Crippen molar-refractivity contribution in [3.8, 4) is 11.3 Å². The van der Waals surface area contributed by atoms with Crippen LogP contribution in [0, 0.1) is 6.92 Å². The number of aromatic nitrogens is 1. The topological polar surface area (TPSA) is 12.9 Å². The Bertz CT molecular complexity index is 511. The first-order chi connectivity index (χ1) is 7.83. The van der Waals surface area contributed by atoms with Crippen molar-refractivity contribution >= 4 is 0 Å². The lowest BCUT2D eigenvalue weighted by molar-refractivity contribution is 0.790. The summed E-state index contributed by atoms with van der Waals surface area (Å²) in [7, 11) is 0. The summed E-state index contributed by atoms with van der Waals surface area (Å²) in [6.07, 6.45) is 5.65. The average molecular weight is 209 g/mol. The van der Waals surface area contributed by atoms with Gasteiger partial charge in [-0.25, -0.2) is 0 Å². The fraction of sp³-hybridized carbons (Fsp3) is 0.267. The molecule has 80 valence electrons. The van der Waals surface area contributed by atoms with Crippen LogP contribution in [0.1, 0.15) is 23.1 Å². The van der Waals surface area contributed by atoms with Crippen LogP contribution in [0.2, 0.25) is 0 Å². The molecule has 1 aromatic heterocycles. The second kappa shape index (κ2) is 3.75. The molecule has 1 nitrogen and oxygen atoms in total. The zero-order valence-corrected chi connectivity index (χ0v) is 9.53. The van der Waals surface area contributed by atoms with Gasteiger partial charge in [-0.2, -0.15) is 0 Å². The number of hydrogen-bond donors (Lipinski definition) is 0. The fourth-order valence-electron chi connectivity index (χ4n) is 2.37. The number of nitrogens with zero attached hydrogens (tertiary/aromatic N) is 1. The lowest BCUT2D eigenvalue weighted by Gasteiger charge is -2.16. The minimum absolute atomic E-state index is 1.11. The normalized spacial score (nSPS) is 13.8. The number of benzene rings is 1. The van der Waals surface area contributed by atoms with Crippen molar-refractivity contribution in [3.63, 3.8) is 0 Å². The second-order valence-electron chi connectivity index (χ2n) is 4.57. The number of hydrogen-bond acceptors (Lipinski definition) is 1. The lowest BCUT2D eigenvalue weighted by Crippen LogP contribution is -2.01. The monoisotopic (exact) mass is 209 g/mol. The number of aryl methyl sites for hydroxylation is 3.